The fourth-order valence-electron chi connectivity index (χ4n) is 2.34. The number of halogens is 3. The number of carbonyl (C=O) groups excluding carboxylic acids is 1. The zero-order valence-electron chi connectivity index (χ0n) is 15.0. The molecule has 0 aliphatic carbocycles. The number of rotatable bonds is 6. The highest BCUT2D eigenvalue weighted by Crippen LogP contribution is 2.27. The van der Waals surface area contributed by atoms with Gasteiger partial charge in [-0.3, -0.25) is 14.0 Å². The molecule has 0 atom stereocenters. The third-order valence-corrected chi connectivity index (χ3v) is 4.55. The lowest BCUT2D eigenvalue weighted by atomic mass is 10.2. The van der Waals surface area contributed by atoms with Crippen molar-refractivity contribution in [2.75, 3.05) is 11.9 Å². The minimum absolute atomic E-state index is 0.104. The number of carbonyl (C=O) groups is 1. The number of hydrogen-bond acceptors (Lipinski definition) is 5. The van der Waals surface area contributed by atoms with E-state index in [1.807, 2.05) is 22.6 Å². The summed E-state index contributed by atoms with van der Waals surface area (Å²) < 4.78 is 30.7. The summed E-state index contributed by atoms with van der Waals surface area (Å²) in [5.74, 6) is -1.88. The Labute approximate surface area is 172 Å². The van der Waals surface area contributed by atoms with Gasteiger partial charge < -0.3 is 10.4 Å². The van der Waals surface area contributed by atoms with Gasteiger partial charge in [0.25, 0.3) is 5.91 Å². The van der Waals surface area contributed by atoms with Crippen molar-refractivity contribution in [2.45, 2.75) is 19.4 Å². The van der Waals surface area contributed by atoms with Crippen LogP contribution in [0.4, 0.5) is 20.3 Å². The number of hydrogen-bond donors (Lipinski definition) is 3. The molecule has 28 heavy (non-hydrogen) atoms. The van der Waals surface area contributed by atoms with Gasteiger partial charge in [-0.1, -0.05) is 0 Å². The molecule has 1 amide bonds. The van der Waals surface area contributed by atoms with Crippen molar-refractivity contribution >= 4 is 45.5 Å². The molecule has 3 aromatic rings. The Kier molecular flexibility index (Phi) is 5.82. The first kappa shape index (κ1) is 20.4. The maximum absolute atomic E-state index is 14.4. The summed E-state index contributed by atoms with van der Waals surface area (Å²) in [6.07, 6.45) is 2.60. The van der Waals surface area contributed by atoms with Gasteiger partial charge in [0.15, 0.2) is 0 Å². The number of aliphatic hydroxyl groups is 1. The van der Waals surface area contributed by atoms with Gasteiger partial charge in [0.1, 0.15) is 34.9 Å². The smallest absolute Gasteiger partial charge is 0.278 e. The summed E-state index contributed by atoms with van der Waals surface area (Å²) in [5.41, 5.74) is 1.24. The van der Waals surface area contributed by atoms with Gasteiger partial charge in [0.2, 0.25) is 0 Å². The fourth-order valence-corrected chi connectivity index (χ4v) is 2.79. The van der Waals surface area contributed by atoms with Crippen molar-refractivity contribution in [3.05, 3.63) is 57.6 Å². The lowest BCUT2D eigenvalue weighted by Crippen LogP contribution is -2.38. The number of nitrogens with one attached hydrogen (secondary N) is 2. The van der Waals surface area contributed by atoms with Crippen LogP contribution >= 0.6 is 22.6 Å². The highest BCUT2D eigenvalue weighted by Gasteiger charge is 2.23. The number of aliphatic hydroxyl groups excluding tert-OH is 1. The number of aromatic nitrogens is 2. The Bertz CT molecular complexity index is 1040. The van der Waals surface area contributed by atoms with Crippen molar-refractivity contribution in [1.29, 1.82) is 0 Å². The van der Waals surface area contributed by atoms with Crippen molar-refractivity contribution < 1.29 is 23.5 Å². The van der Waals surface area contributed by atoms with Crippen LogP contribution in [0.1, 0.15) is 24.2 Å². The minimum Gasteiger partial charge on any atom is -0.393 e. The highest BCUT2D eigenvalue weighted by atomic mass is 127. The van der Waals surface area contributed by atoms with Gasteiger partial charge in [-0.05, 0) is 60.7 Å². The molecule has 0 spiro atoms. The third-order valence-electron chi connectivity index (χ3n) is 3.88. The third kappa shape index (κ3) is 4.23. The number of fused-ring (bicyclic) bond motifs is 1. The summed E-state index contributed by atoms with van der Waals surface area (Å²) in [6.45, 7) is 2.78. The summed E-state index contributed by atoms with van der Waals surface area (Å²) >= 11 is 1.98. The molecule has 2 aromatic heterocycles. The van der Waals surface area contributed by atoms with Gasteiger partial charge in [0, 0.05) is 3.57 Å². The fraction of sp³-hybridized carbons (Fsp3) is 0.222. The van der Waals surface area contributed by atoms with Crippen molar-refractivity contribution in [1.82, 2.24) is 14.9 Å². The lowest BCUT2D eigenvalue weighted by Gasteiger charge is -2.22. The monoisotopic (exact) mass is 502 g/mol. The van der Waals surface area contributed by atoms with Crippen LogP contribution in [0.2, 0.25) is 0 Å². The number of benzene rings is 1. The Balaban J connectivity index is 2.04. The van der Waals surface area contributed by atoms with Crippen LogP contribution in [0.3, 0.4) is 0 Å². The van der Waals surface area contributed by atoms with Crippen LogP contribution in [0.15, 0.2) is 36.8 Å². The van der Waals surface area contributed by atoms with Gasteiger partial charge >= 0.3 is 0 Å². The van der Waals surface area contributed by atoms with E-state index in [4.69, 9.17) is 4.84 Å². The zero-order valence-corrected chi connectivity index (χ0v) is 17.1. The van der Waals surface area contributed by atoms with Crippen molar-refractivity contribution in [3.63, 3.8) is 0 Å². The second kappa shape index (κ2) is 7.97. The van der Waals surface area contributed by atoms with E-state index in [0.29, 0.717) is 3.57 Å². The van der Waals surface area contributed by atoms with Crippen molar-refractivity contribution in [2.24, 2.45) is 0 Å². The van der Waals surface area contributed by atoms with E-state index in [1.165, 1.54) is 29.1 Å². The molecular weight excluding hydrogens is 485 g/mol. The number of hydroxylamine groups is 1. The van der Waals surface area contributed by atoms with Crippen LogP contribution < -0.4 is 10.8 Å². The normalized spacial score (nSPS) is 11.6. The van der Waals surface area contributed by atoms with Crippen molar-refractivity contribution in [3.8, 4) is 0 Å². The topological polar surface area (TPSA) is 87.9 Å². The molecule has 0 fully saturated rings. The average molecular weight is 502 g/mol. The van der Waals surface area contributed by atoms with Gasteiger partial charge in [-0.2, -0.15) is 0 Å². The first-order valence-electron chi connectivity index (χ1n) is 8.17. The van der Waals surface area contributed by atoms with Crippen LogP contribution in [0.5, 0.6) is 0 Å². The maximum Gasteiger partial charge on any atom is 0.278 e. The zero-order chi connectivity index (χ0) is 20.5. The summed E-state index contributed by atoms with van der Waals surface area (Å²) in [4.78, 5) is 21.7. The van der Waals surface area contributed by atoms with E-state index in [2.05, 4.69) is 15.8 Å². The first-order valence-corrected chi connectivity index (χ1v) is 9.25. The summed E-state index contributed by atoms with van der Waals surface area (Å²) in [6, 6.07) is 5.53. The average Bonchev–Trinajstić information content (AvgIpc) is 3.14. The summed E-state index contributed by atoms with van der Waals surface area (Å²) in [5, 5.41) is 12.1. The molecule has 148 valence electrons. The molecule has 0 bridgehead atoms. The second-order valence-electron chi connectivity index (χ2n) is 6.60. The standard InChI is InChI=1S/C18H17F2IN4O3/c1-18(2,8-26)28-24-17(27)11-6-13(20)15-7-22-9-25(15)16(11)23-14-4-3-10(21)5-12(14)19/h3-7,9,23,26H,8H2,1-2H3,(H,24,27). The lowest BCUT2D eigenvalue weighted by molar-refractivity contribution is -0.0956. The molecule has 0 unspecified atom stereocenters. The molecular formula is C18H17F2IN4O3. The summed E-state index contributed by atoms with van der Waals surface area (Å²) in [7, 11) is 0. The number of imidazole rings is 1. The molecule has 0 aliphatic heterocycles. The van der Waals surface area contributed by atoms with E-state index in [9.17, 15) is 18.7 Å². The van der Waals surface area contributed by atoms with Gasteiger partial charge in [-0.15, -0.1) is 0 Å². The predicted molar refractivity (Wildman–Crippen MR) is 107 cm³/mol. The van der Waals surface area contributed by atoms with E-state index in [-0.39, 0.29) is 29.2 Å². The van der Waals surface area contributed by atoms with E-state index in [1.54, 1.807) is 19.9 Å². The quantitative estimate of drug-likeness (QED) is 0.356. The maximum atomic E-state index is 14.4. The molecule has 10 heteroatoms. The molecule has 0 saturated carbocycles. The molecule has 0 radical (unpaired) electrons. The van der Waals surface area contributed by atoms with Crippen LogP contribution in [-0.4, -0.2) is 32.6 Å². The Morgan fingerprint density at radius 2 is 2.07 bits per heavy atom. The largest absolute Gasteiger partial charge is 0.393 e. The Hall–Kier alpha value is -2.31. The molecule has 0 aliphatic rings. The number of anilines is 2. The molecule has 3 N–H and O–H groups in total. The Morgan fingerprint density at radius 3 is 2.75 bits per heavy atom. The van der Waals surface area contributed by atoms with E-state index in [0.717, 1.165) is 6.07 Å². The second-order valence-corrected chi connectivity index (χ2v) is 7.85. The highest BCUT2D eigenvalue weighted by molar-refractivity contribution is 14.1. The van der Waals surface area contributed by atoms with Gasteiger partial charge in [-0.25, -0.2) is 19.2 Å². The molecule has 1 aromatic carbocycles. The van der Waals surface area contributed by atoms with E-state index >= 15 is 0 Å². The molecule has 7 nitrogen and oxygen atoms in total. The number of nitrogens with zero attached hydrogens (tertiary/aromatic N) is 2. The van der Waals surface area contributed by atoms with Crippen LogP contribution in [-0.2, 0) is 4.84 Å². The predicted octanol–water partition coefficient (Wildman–Crippen LogP) is 3.39. The number of pyridine rings is 1. The molecule has 0 saturated heterocycles. The van der Waals surface area contributed by atoms with Crippen LogP contribution in [0, 0.1) is 15.2 Å². The Morgan fingerprint density at radius 1 is 1.32 bits per heavy atom. The number of amides is 1. The van der Waals surface area contributed by atoms with Gasteiger partial charge in [0.05, 0.1) is 24.1 Å². The molecule has 2 heterocycles. The first-order chi connectivity index (χ1) is 13.2. The molecule has 3 rings (SSSR count). The van der Waals surface area contributed by atoms with Crippen LogP contribution in [0.25, 0.3) is 5.52 Å². The van der Waals surface area contributed by atoms with E-state index < -0.39 is 23.1 Å². The SMILES string of the molecule is CC(C)(CO)ONC(=O)c1cc(F)c2cncn2c1Nc1ccc(I)cc1F. The minimum atomic E-state index is -1.04.